The molecule has 0 aliphatic heterocycles. The van der Waals surface area contributed by atoms with Crippen LogP contribution >= 0.6 is 27.7 Å². The van der Waals surface area contributed by atoms with E-state index >= 15 is 0 Å². The molecule has 2 aromatic heterocycles. The van der Waals surface area contributed by atoms with Crippen LogP contribution in [0.15, 0.2) is 27.8 Å². The number of hydrogen-bond donors (Lipinski definition) is 1. The van der Waals surface area contributed by atoms with Crippen LogP contribution in [0.5, 0.6) is 0 Å². The second-order valence-corrected chi connectivity index (χ2v) is 7.05. The number of rotatable bonds is 4. The molecule has 0 fully saturated rings. The van der Waals surface area contributed by atoms with E-state index in [-0.39, 0.29) is 18.1 Å². The molecule has 1 amide bonds. The lowest BCUT2D eigenvalue weighted by Crippen LogP contribution is -2.18. The zero-order valence-electron chi connectivity index (χ0n) is 13.8. The van der Waals surface area contributed by atoms with Gasteiger partial charge in [-0.3, -0.25) is 4.79 Å². The van der Waals surface area contributed by atoms with Crippen LogP contribution in [-0.4, -0.2) is 31.7 Å². The second-order valence-electron chi connectivity index (χ2n) is 5.42. The zero-order chi connectivity index (χ0) is 18.1. The highest BCUT2D eigenvalue weighted by Gasteiger charge is 2.16. The molecule has 0 bridgehead atoms. The van der Waals surface area contributed by atoms with E-state index < -0.39 is 0 Å². The van der Waals surface area contributed by atoms with E-state index in [1.807, 2.05) is 20.1 Å². The van der Waals surface area contributed by atoms with Crippen LogP contribution < -0.4 is 5.32 Å². The Morgan fingerprint density at radius 3 is 2.80 bits per heavy atom. The minimum Gasteiger partial charge on any atom is -0.325 e. The number of aromatic nitrogens is 4. The maximum atomic E-state index is 13.1. The fourth-order valence-electron chi connectivity index (χ4n) is 2.48. The van der Waals surface area contributed by atoms with Crippen LogP contribution in [-0.2, 0) is 11.2 Å². The first kappa shape index (κ1) is 17.8. The van der Waals surface area contributed by atoms with Gasteiger partial charge in [0, 0.05) is 21.4 Å². The highest BCUT2D eigenvalue weighted by Crippen LogP contribution is 2.24. The molecule has 0 unspecified atom stereocenters. The molecular formula is C16H15BrFN5OS. The molecule has 1 aromatic carbocycles. The van der Waals surface area contributed by atoms with Crippen LogP contribution in [0.4, 0.5) is 10.1 Å². The van der Waals surface area contributed by atoms with Crippen LogP contribution in [0.2, 0.25) is 0 Å². The standard InChI is InChI=1S/C16H15BrFN5OS/c1-8-11(9(2)23-15(19-8)21-16(22-23)25-3)7-14(24)20-13-5-4-10(18)6-12(13)17/h4-6H,7H2,1-3H3,(H,20,24). The number of nitrogens with one attached hydrogen (secondary N) is 1. The van der Waals surface area contributed by atoms with Crippen molar-refractivity contribution in [1.82, 2.24) is 19.6 Å². The molecule has 6 nitrogen and oxygen atoms in total. The average molecular weight is 424 g/mol. The second kappa shape index (κ2) is 7.09. The number of hydrogen-bond acceptors (Lipinski definition) is 5. The van der Waals surface area contributed by atoms with Gasteiger partial charge in [-0.25, -0.2) is 13.9 Å². The predicted octanol–water partition coefficient (Wildman–Crippen LogP) is 3.55. The first-order valence-corrected chi connectivity index (χ1v) is 9.42. The Morgan fingerprint density at radius 1 is 1.36 bits per heavy atom. The number of amides is 1. The summed E-state index contributed by atoms with van der Waals surface area (Å²) in [4.78, 5) is 21.2. The summed E-state index contributed by atoms with van der Waals surface area (Å²) in [7, 11) is 0. The van der Waals surface area contributed by atoms with E-state index in [1.54, 1.807) is 4.52 Å². The van der Waals surface area contributed by atoms with Gasteiger partial charge in [0.15, 0.2) is 0 Å². The normalized spacial score (nSPS) is 11.1. The molecule has 0 atom stereocenters. The molecule has 25 heavy (non-hydrogen) atoms. The van der Waals surface area contributed by atoms with Crippen molar-refractivity contribution in [2.24, 2.45) is 0 Å². The first-order chi connectivity index (χ1) is 11.9. The Balaban J connectivity index is 1.87. The number of carbonyl (C=O) groups excluding carboxylic acids is 1. The third-order valence-electron chi connectivity index (χ3n) is 3.75. The Bertz CT molecular complexity index is 975. The highest BCUT2D eigenvalue weighted by atomic mass is 79.9. The largest absolute Gasteiger partial charge is 0.325 e. The third-order valence-corrected chi connectivity index (χ3v) is 4.95. The van der Waals surface area contributed by atoms with E-state index in [0.717, 1.165) is 17.0 Å². The van der Waals surface area contributed by atoms with Crippen molar-refractivity contribution < 1.29 is 9.18 Å². The lowest BCUT2D eigenvalue weighted by atomic mass is 10.1. The van der Waals surface area contributed by atoms with Crippen molar-refractivity contribution in [3.05, 3.63) is 45.4 Å². The summed E-state index contributed by atoms with van der Waals surface area (Å²) in [5.74, 6) is -0.0726. The minimum absolute atomic E-state index is 0.138. The summed E-state index contributed by atoms with van der Waals surface area (Å²) in [6.07, 6.45) is 2.03. The molecule has 0 saturated heterocycles. The third kappa shape index (κ3) is 3.67. The van der Waals surface area contributed by atoms with Gasteiger partial charge in [0.1, 0.15) is 5.82 Å². The molecule has 3 aromatic rings. The summed E-state index contributed by atoms with van der Waals surface area (Å²) in [5.41, 5.74) is 2.86. The molecule has 3 rings (SSSR count). The van der Waals surface area contributed by atoms with Gasteiger partial charge >= 0.3 is 0 Å². The molecular weight excluding hydrogens is 409 g/mol. The number of aryl methyl sites for hydroxylation is 2. The van der Waals surface area contributed by atoms with Gasteiger partial charge in [0.05, 0.1) is 12.1 Å². The van der Waals surface area contributed by atoms with E-state index in [1.165, 1.54) is 30.0 Å². The topological polar surface area (TPSA) is 72.2 Å². The summed E-state index contributed by atoms with van der Waals surface area (Å²) in [5, 5.41) is 7.78. The van der Waals surface area contributed by atoms with Gasteiger partial charge in [0.25, 0.3) is 5.78 Å². The summed E-state index contributed by atoms with van der Waals surface area (Å²) >= 11 is 4.68. The van der Waals surface area contributed by atoms with Crippen LogP contribution in [0, 0.1) is 19.7 Å². The quantitative estimate of drug-likeness (QED) is 0.649. The fraction of sp³-hybridized carbons (Fsp3) is 0.250. The maximum Gasteiger partial charge on any atom is 0.253 e. The van der Waals surface area contributed by atoms with Crippen molar-refractivity contribution >= 4 is 45.1 Å². The Morgan fingerprint density at radius 2 is 2.12 bits per heavy atom. The number of carbonyl (C=O) groups is 1. The van der Waals surface area contributed by atoms with Gasteiger partial charge < -0.3 is 5.32 Å². The lowest BCUT2D eigenvalue weighted by molar-refractivity contribution is -0.115. The zero-order valence-corrected chi connectivity index (χ0v) is 16.2. The Labute approximate surface area is 156 Å². The first-order valence-electron chi connectivity index (χ1n) is 7.40. The van der Waals surface area contributed by atoms with Crippen molar-refractivity contribution in [3.63, 3.8) is 0 Å². The lowest BCUT2D eigenvalue weighted by Gasteiger charge is -2.11. The smallest absolute Gasteiger partial charge is 0.253 e. The van der Waals surface area contributed by atoms with Crippen molar-refractivity contribution in [2.75, 3.05) is 11.6 Å². The molecule has 130 valence electrons. The van der Waals surface area contributed by atoms with E-state index in [9.17, 15) is 9.18 Å². The van der Waals surface area contributed by atoms with E-state index in [0.29, 0.717) is 21.1 Å². The number of thioether (sulfide) groups is 1. The Hall–Kier alpha value is -2.00. The molecule has 0 aliphatic rings. The van der Waals surface area contributed by atoms with Gasteiger partial charge in [-0.05, 0) is 54.2 Å². The predicted molar refractivity (Wildman–Crippen MR) is 98.5 cm³/mol. The molecule has 0 spiro atoms. The number of nitrogens with zero attached hydrogens (tertiary/aromatic N) is 4. The number of halogens is 2. The molecule has 1 N–H and O–H groups in total. The summed E-state index contributed by atoms with van der Waals surface area (Å²) < 4.78 is 15.3. The number of fused-ring (bicyclic) bond motifs is 1. The van der Waals surface area contributed by atoms with Crippen LogP contribution in [0.3, 0.4) is 0 Å². The van der Waals surface area contributed by atoms with Crippen molar-refractivity contribution in [3.8, 4) is 0 Å². The molecule has 0 saturated carbocycles. The van der Waals surface area contributed by atoms with Crippen LogP contribution in [0.25, 0.3) is 5.78 Å². The van der Waals surface area contributed by atoms with Gasteiger partial charge in [-0.15, -0.1) is 5.10 Å². The molecule has 0 radical (unpaired) electrons. The summed E-state index contributed by atoms with van der Waals surface area (Å²) in [6.45, 7) is 3.73. The molecule has 2 heterocycles. The highest BCUT2D eigenvalue weighted by molar-refractivity contribution is 9.10. The van der Waals surface area contributed by atoms with Crippen LogP contribution in [0.1, 0.15) is 17.0 Å². The average Bonchev–Trinajstić information content (AvgIpc) is 2.97. The van der Waals surface area contributed by atoms with Crippen molar-refractivity contribution in [1.29, 1.82) is 0 Å². The Kier molecular flexibility index (Phi) is 5.05. The minimum atomic E-state index is -0.373. The number of anilines is 1. The number of benzene rings is 1. The SMILES string of the molecule is CSc1nc2nc(C)c(CC(=O)Nc3ccc(F)cc3Br)c(C)n2n1. The molecule has 0 aliphatic carbocycles. The maximum absolute atomic E-state index is 13.1. The van der Waals surface area contributed by atoms with Gasteiger partial charge in [-0.1, -0.05) is 11.8 Å². The fourth-order valence-corrected chi connectivity index (χ4v) is 3.26. The monoisotopic (exact) mass is 423 g/mol. The van der Waals surface area contributed by atoms with Gasteiger partial charge in [-0.2, -0.15) is 4.98 Å². The van der Waals surface area contributed by atoms with Gasteiger partial charge in [0.2, 0.25) is 11.1 Å². The van der Waals surface area contributed by atoms with Crippen molar-refractivity contribution in [2.45, 2.75) is 25.4 Å². The summed E-state index contributed by atoms with van der Waals surface area (Å²) in [6, 6.07) is 4.11. The van der Waals surface area contributed by atoms with E-state index in [4.69, 9.17) is 0 Å². The molecule has 9 heteroatoms. The van der Waals surface area contributed by atoms with E-state index in [2.05, 4.69) is 36.3 Å².